The molecule has 6 aliphatic rings. The Labute approximate surface area is 441 Å². The molecule has 2 amide bonds. The smallest absolute Gasteiger partial charge is 0.364 e. The van der Waals surface area contributed by atoms with E-state index in [1.165, 1.54) is 6.92 Å². The Kier molecular flexibility index (Phi) is 22.4. The molecule has 31 atom stereocenters. The number of aliphatic hydroxyl groups excluding tert-OH is 18. The third-order valence-corrected chi connectivity index (χ3v) is 14.2. The highest BCUT2D eigenvalue weighted by atomic mass is 16.8. The van der Waals surface area contributed by atoms with Gasteiger partial charge in [-0.3, -0.25) is 9.59 Å². The van der Waals surface area contributed by atoms with Gasteiger partial charge in [0.05, 0.1) is 51.3 Å². The zero-order valence-corrected chi connectivity index (χ0v) is 41.8. The van der Waals surface area contributed by atoms with Crippen molar-refractivity contribution >= 4 is 17.8 Å². The van der Waals surface area contributed by atoms with E-state index in [1.54, 1.807) is 0 Å². The summed E-state index contributed by atoms with van der Waals surface area (Å²) in [5, 5.41) is 209. The van der Waals surface area contributed by atoms with Crippen molar-refractivity contribution in [3.8, 4) is 0 Å². The number of carbonyl (C=O) groups is 3. The van der Waals surface area contributed by atoms with E-state index < -0.39 is 247 Å². The predicted octanol–water partition coefficient (Wildman–Crippen LogP) is -13.6. The molecule has 0 spiro atoms. The lowest BCUT2D eigenvalue weighted by Crippen LogP contribution is -2.72. The van der Waals surface area contributed by atoms with E-state index in [-0.39, 0.29) is 0 Å². The number of hydrogen-bond acceptors (Lipinski definition) is 32. The fraction of sp³-hybridized carbons (Fsp3) is 0.930. The van der Waals surface area contributed by atoms with Crippen molar-refractivity contribution < 1.29 is 164 Å². The standard InChI is InChI=1S/C43H72N2O33/c1-10-21(55)25(59)28(62)39(68-10)75-34-20(45-12(3)52)38(76-35-23(57)15(6-47)70-40(29(35)63)73-31-17(8-49)69-37(65)27(61)26(31)60)72-18(9-50)32(34)74-41-30(64)36(24(58)16(7-48)71-41)78-43(42(66)67)4-13(53)19(44-11(2)51)33(77-43)22(56)14(54)5-46/h10,13-41,46-50,53-65H,4-9H2,1-3H3,(H,44,51)(H,45,52)(H,66,67)/t10-,13-,14+,15+,16+,17+,18+,19+,20+,21+,22+,23-,24-,25+,26+,27+,28-,29+,30+,31+,32+,33+,34+,35-,36-,37?,38-,39-,40-,41-,43-/m0/s1. The van der Waals surface area contributed by atoms with Crippen molar-refractivity contribution in [2.75, 3.05) is 33.0 Å². The van der Waals surface area contributed by atoms with Gasteiger partial charge in [-0.05, 0) is 6.92 Å². The molecule has 0 aromatic rings. The van der Waals surface area contributed by atoms with Crippen molar-refractivity contribution in [1.82, 2.24) is 10.6 Å². The fourth-order valence-electron chi connectivity index (χ4n) is 9.96. The van der Waals surface area contributed by atoms with Crippen LogP contribution >= 0.6 is 0 Å². The van der Waals surface area contributed by atoms with Crippen molar-refractivity contribution in [3.05, 3.63) is 0 Å². The number of aliphatic hydroxyl groups is 18. The van der Waals surface area contributed by atoms with Crippen LogP contribution in [0.1, 0.15) is 27.2 Å². The highest BCUT2D eigenvalue weighted by Crippen LogP contribution is 2.40. The molecule has 0 aromatic carbocycles. The summed E-state index contributed by atoms with van der Waals surface area (Å²) in [6, 6.07) is -3.64. The molecule has 0 bridgehead atoms. The molecule has 6 rings (SSSR count). The SMILES string of the molecule is CC(=O)N[C@H]1[C@H](O[C@H]2[C@@H](O)[C@@H](CO)O[C@@H](O[C@H]3[C@H](O)[C@@H](O)C(O)O[C@@H]3CO)[C@@H]2O)O[C@H](CO)[C@@H](O[C@@H]2O[C@H](CO)[C@H](O)[C@H](O[C@]3(C(=O)O)C[C@H](O)[C@@H](NC(C)=O)[C@H]([C@H](O)[C@H](O)CO)O3)[C@H]2O)[C@@H]1O[C@@H]1O[C@@H](C)[C@@H](O)[C@@H](O)[C@@H]1O. The molecule has 452 valence electrons. The van der Waals surface area contributed by atoms with E-state index in [1.807, 2.05) is 0 Å². The number of rotatable bonds is 20. The van der Waals surface area contributed by atoms with Crippen LogP contribution in [0.3, 0.4) is 0 Å². The Morgan fingerprint density at radius 3 is 1.54 bits per heavy atom. The first-order valence-corrected chi connectivity index (χ1v) is 24.6. The van der Waals surface area contributed by atoms with Gasteiger partial charge in [-0.25, -0.2) is 4.79 Å². The van der Waals surface area contributed by atoms with Crippen LogP contribution in [0, 0.1) is 0 Å². The summed E-state index contributed by atoms with van der Waals surface area (Å²) >= 11 is 0. The Balaban J connectivity index is 1.37. The second kappa shape index (κ2) is 27.1. The monoisotopic (exact) mass is 1140 g/mol. The average molecular weight is 1150 g/mol. The summed E-state index contributed by atoms with van der Waals surface area (Å²) in [6.45, 7) is -2.35. The summed E-state index contributed by atoms with van der Waals surface area (Å²) < 4.78 is 63.6. The summed E-state index contributed by atoms with van der Waals surface area (Å²) in [4.78, 5) is 38.4. The summed E-state index contributed by atoms with van der Waals surface area (Å²) in [7, 11) is 0. The molecule has 6 fully saturated rings. The number of hydrogen-bond donors (Lipinski definition) is 21. The molecule has 35 nitrogen and oxygen atoms in total. The van der Waals surface area contributed by atoms with Crippen LogP contribution in [0.5, 0.6) is 0 Å². The Hall–Kier alpha value is -2.75. The normalized spacial score (nSPS) is 48.1. The molecule has 6 heterocycles. The Bertz CT molecular complexity index is 1950. The first-order valence-electron chi connectivity index (χ1n) is 24.6. The lowest BCUT2D eigenvalue weighted by molar-refractivity contribution is -0.399. The molecule has 78 heavy (non-hydrogen) atoms. The number of aliphatic carboxylic acids is 1. The molecule has 6 saturated heterocycles. The van der Waals surface area contributed by atoms with E-state index >= 15 is 0 Å². The zero-order valence-electron chi connectivity index (χ0n) is 41.8. The van der Waals surface area contributed by atoms with Gasteiger partial charge in [0.15, 0.2) is 31.5 Å². The minimum absolute atomic E-state index is 0.841. The lowest BCUT2D eigenvalue weighted by atomic mass is 9.88. The molecule has 35 heteroatoms. The van der Waals surface area contributed by atoms with Gasteiger partial charge >= 0.3 is 5.97 Å². The van der Waals surface area contributed by atoms with E-state index in [4.69, 9.17) is 52.1 Å². The van der Waals surface area contributed by atoms with Gasteiger partial charge < -0.3 is 160 Å². The average Bonchev–Trinajstić information content (AvgIpc) is 3.40. The van der Waals surface area contributed by atoms with E-state index in [0.717, 1.165) is 13.8 Å². The summed E-state index contributed by atoms with van der Waals surface area (Å²) in [5.74, 6) is -7.15. The van der Waals surface area contributed by atoms with E-state index in [9.17, 15) is 111 Å². The summed E-state index contributed by atoms with van der Waals surface area (Å²) in [5.41, 5.74) is 0. The van der Waals surface area contributed by atoms with Crippen molar-refractivity contribution in [2.24, 2.45) is 0 Å². The molecule has 21 N–H and O–H groups in total. The van der Waals surface area contributed by atoms with Crippen LogP contribution in [0.4, 0.5) is 0 Å². The van der Waals surface area contributed by atoms with Crippen LogP contribution in [-0.4, -0.2) is 338 Å². The van der Waals surface area contributed by atoms with Crippen molar-refractivity contribution in [1.29, 1.82) is 0 Å². The number of carboxylic acids is 1. The minimum atomic E-state index is -3.25. The lowest BCUT2D eigenvalue weighted by Gasteiger charge is -2.52. The van der Waals surface area contributed by atoms with E-state index in [0.29, 0.717) is 0 Å². The largest absolute Gasteiger partial charge is 0.477 e. The van der Waals surface area contributed by atoms with Crippen LogP contribution in [0.15, 0.2) is 0 Å². The molecular weight excluding hydrogens is 1070 g/mol. The molecule has 1 unspecified atom stereocenters. The van der Waals surface area contributed by atoms with Crippen LogP contribution in [0.25, 0.3) is 0 Å². The molecular formula is C43H72N2O33. The van der Waals surface area contributed by atoms with Crippen molar-refractivity contribution in [3.63, 3.8) is 0 Å². The minimum Gasteiger partial charge on any atom is -0.477 e. The molecule has 0 aliphatic carbocycles. The third kappa shape index (κ3) is 13.5. The fourth-order valence-corrected chi connectivity index (χ4v) is 9.96. The molecule has 0 saturated carbocycles. The van der Waals surface area contributed by atoms with Crippen molar-refractivity contribution in [2.45, 2.75) is 217 Å². The highest BCUT2D eigenvalue weighted by Gasteiger charge is 2.62. The van der Waals surface area contributed by atoms with Gasteiger partial charge in [0.2, 0.25) is 11.8 Å². The Morgan fingerprint density at radius 1 is 0.526 bits per heavy atom. The van der Waals surface area contributed by atoms with E-state index in [2.05, 4.69) is 10.6 Å². The second-order valence-corrected chi connectivity index (χ2v) is 19.6. The summed E-state index contributed by atoms with van der Waals surface area (Å²) in [6.07, 6.45) is -58.2. The number of ether oxygens (including phenoxy) is 11. The number of carboxylic acid groups (broad SMARTS) is 1. The predicted molar refractivity (Wildman–Crippen MR) is 238 cm³/mol. The molecule has 0 radical (unpaired) electrons. The van der Waals surface area contributed by atoms with Gasteiger partial charge in [-0.2, -0.15) is 0 Å². The van der Waals surface area contributed by atoms with Crippen LogP contribution in [-0.2, 0) is 66.5 Å². The van der Waals surface area contributed by atoms with Gasteiger partial charge in [-0.1, -0.05) is 0 Å². The van der Waals surface area contributed by atoms with Crippen LogP contribution in [0.2, 0.25) is 0 Å². The first-order chi connectivity index (χ1) is 36.7. The third-order valence-electron chi connectivity index (χ3n) is 14.2. The maximum absolute atomic E-state index is 13.2. The maximum Gasteiger partial charge on any atom is 0.364 e. The topological polar surface area (TPSA) is 561 Å². The zero-order chi connectivity index (χ0) is 58.0. The molecule has 0 aromatic heterocycles. The quantitative estimate of drug-likeness (QED) is 0.0538. The second-order valence-electron chi connectivity index (χ2n) is 19.6. The van der Waals surface area contributed by atoms with Gasteiger partial charge in [0, 0.05) is 20.3 Å². The van der Waals surface area contributed by atoms with Gasteiger partial charge in [0.1, 0.15) is 134 Å². The Morgan fingerprint density at radius 2 is 1.00 bits per heavy atom. The number of nitrogens with one attached hydrogen (secondary N) is 2. The molecule has 6 aliphatic heterocycles. The number of carbonyl (C=O) groups excluding carboxylic acids is 2. The number of amides is 2. The highest BCUT2D eigenvalue weighted by molar-refractivity contribution is 5.76. The van der Waals surface area contributed by atoms with Gasteiger partial charge in [-0.15, -0.1) is 0 Å². The van der Waals surface area contributed by atoms with Crippen LogP contribution < -0.4 is 10.6 Å². The maximum atomic E-state index is 13.2. The van der Waals surface area contributed by atoms with Gasteiger partial charge in [0.25, 0.3) is 5.79 Å². The first kappa shape index (κ1) is 64.4.